The summed E-state index contributed by atoms with van der Waals surface area (Å²) in [5.74, 6) is -0.199. The summed E-state index contributed by atoms with van der Waals surface area (Å²) in [5, 5.41) is 3.02. The summed E-state index contributed by atoms with van der Waals surface area (Å²) >= 11 is 0. The van der Waals surface area contributed by atoms with Crippen molar-refractivity contribution in [1.29, 1.82) is 0 Å². The Kier molecular flexibility index (Phi) is 3.87. The zero-order chi connectivity index (χ0) is 13.9. The Morgan fingerprint density at radius 2 is 1.80 bits per heavy atom. The summed E-state index contributed by atoms with van der Waals surface area (Å²) in [6, 6.07) is 7.13. The van der Waals surface area contributed by atoms with E-state index in [4.69, 9.17) is 0 Å². The molecule has 2 amide bonds. The molecule has 2 fully saturated rings. The lowest BCUT2D eigenvalue weighted by atomic mass is 10.2. The molecule has 0 aromatic heterocycles. The van der Waals surface area contributed by atoms with Crippen molar-refractivity contribution in [1.82, 2.24) is 15.1 Å². The number of amides is 2. The average Bonchev–Trinajstić information content (AvgIpc) is 3.26. The van der Waals surface area contributed by atoms with Gasteiger partial charge in [-0.2, -0.15) is 0 Å². The van der Waals surface area contributed by atoms with E-state index in [0.717, 1.165) is 51.1 Å². The molecule has 0 spiro atoms. The predicted octanol–water partition coefficient (Wildman–Crippen LogP) is 1.82. The first kappa shape index (κ1) is 13.4. The van der Waals surface area contributed by atoms with Gasteiger partial charge in [0.15, 0.2) is 0 Å². The van der Waals surface area contributed by atoms with Crippen molar-refractivity contribution >= 4 is 6.03 Å². The van der Waals surface area contributed by atoms with E-state index in [0.29, 0.717) is 6.04 Å². The Bertz CT molecular complexity index is 465. The third-order valence-electron chi connectivity index (χ3n) is 3.88. The summed E-state index contributed by atoms with van der Waals surface area (Å²) in [6.07, 6.45) is 2.24. The van der Waals surface area contributed by atoms with Crippen LogP contribution in [0.2, 0.25) is 0 Å². The Morgan fingerprint density at radius 3 is 2.40 bits per heavy atom. The standard InChI is InChI=1S/C15H20FN3O/c16-13-3-1-12(2-4-13)11-18-7-9-19(10-8-18)15(20)17-14-5-6-14/h1-4,14H,5-11H2,(H,17,20). The smallest absolute Gasteiger partial charge is 0.317 e. The molecule has 1 saturated heterocycles. The monoisotopic (exact) mass is 277 g/mol. The molecule has 3 rings (SSSR count). The van der Waals surface area contributed by atoms with E-state index < -0.39 is 0 Å². The van der Waals surface area contributed by atoms with Gasteiger partial charge in [0, 0.05) is 38.8 Å². The highest BCUT2D eigenvalue weighted by molar-refractivity contribution is 5.75. The van der Waals surface area contributed by atoms with E-state index >= 15 is 0 Å². The number of nitrogens with one attached hydrogen (secondary N) is 1. The topological polar surface area (TPSA) is 35.6 Å². The van der Waals surface area contributed by atoms with E-state index in [-0.39, 0.29) is 11.8 Å². The van der Waals surface area contributed by atoms with Crippen LogP contribution in [0.5, 0.6) is 0 Å². The maximum atomic E-state index is 12.8. The fraction of sp³-hybridized carbons (Fsp3) is 0.533. The van der Waals surface area contributed by atoms with Crippen molar-refractivity contribution in [3.05, 3.63) is 35.6 Å². The molecule has 1 aromatic carbocycles. The Labute approximate surface area is 118 Å². The van der Waals surface area contributed by atoms with E-state index in [1.165, 1.54) is 12.1 Å². The Balaban J connectivity index is 1.45. The lowest BCUT2D eigenvalue weighted by Crippen LogP contribution is -2.51. The first-order chi connectivity index (χ1) is 9.70. The Hall–Kier alpha value is -1.62. The number of piperazine rings is 1. The number of urea groups is 1. The molecule has 20 heavy (non-hydrogen) atoms. The summed E-state index contributed by atoms with van der Waals surface area (Å²) in [4.78, 5) is 16.1. The highest BCUT2D eigenvalue weighted by atomic mass is 19.1. The van der Waals surface area contributed by atoms with Gasteiger partial charge in [-0.15, -0.1) is 0 Å². The van der Waals surface area contributed by atoms with E-state index in [1.807, 2.05) is 17.0 Å². The molecule has 0 unspecified atom stereocenters. The number of carbonyl (C=O) groups excluding carboxylic acids is 1. The lowest BCUT2D eigenvalue weighted by molar-refractivity contribution is 0.135. The molecule has 0 atom stereocenters. The fourth-order valence-corrected chi connectivity index (χ4v) is 2.45. The van der Waals surface area contributed by atoms with Gasteiger partial charge in [0.05, 0.1) is 0 Å². The molecule has 5 heteroatoms. The van der Waals surface area contributed by atoms with Crippen LogP contribution < -0.4 is 5.32 Å². The lowest BCUT2D eigenvalue weighted by Gasteiger charge is -2.34. The molecule has 108 valence electrons. The third kappa shape index (κ3) is 3.48. The molecule has 1 aromatic rings. The van der Waals surface area contributed by atoms with Crippen LogP contribution in [-0.4, -0.2) is 48.1 Å². The minimum Gasteiger partial charge on any atom is -0.335 e. The summed E-state index contributed by atoms with van der Waals surface area (Å²) < 4.78 is 12.8. The van der Waals surface area contributed by atoms with Crippen molar-refractivity contribution in [2.75, 3.05) is 26.2 Å². The summed E-state index contributed by atoms with van der Waals surface area (Å²) in [6.45, 7) is 4.09. The number of halogens is 1. The summed E-state index contributed by atoms with van der Waals surface area (Å²) in [7, 11) is 0. The van der Waals surface area contributed by atoms with Crippen LogP contribution in [0.4, 0.5) is 9.18 Å². The molecule has 1 N–H and O–H groups in total. The minimum absolute atomic E-state index is 0.0777. The number of hydrogen-bond donors (Lipinski definition) is 1. The maximum Gasteiger partial charge on any atom is 0.317 e. The quantitative estimate of drug-likeness (QED) is 0.914. The highest BCUT2D eigenvalue weighted by Crippen LogP contribution is 2.19. The van der Waals surface area contributed by atoms with Crippen LogP contribution in [0.25, 0.3) is 0 Å². The van der Waals surface area contributed by atoms with Crippen molar-refractivity contribution in [2.45, 2.75) is 25.4 Å². The zero-order valence-electron chi connectivity index (χ0n) is 11.5. The molecule has 1 heterocycles. The van der Waals surface area contributed by atoms with Gasteiger partial charge in [-0.1, -0.05) is 12.1 Å². The number of hydrogen-bond acceptors (Lipinski definition) is 2. The van der Waals surface area contributed by atoms with E-state index in [2.05, 4.69) is 10.2 Å². The van der Waals surface area contributed by atoms with Gasteiger partial charge in [0.1, 0.15) is 5.82 Å². The van der Waals surface area contributed by atoms with Crippen LogP contribution in [0, 0.1) is 5.82 Å². The molecule has 4 nitrogen and oxygen atoms in total. The van der Waals surface area contributed by atoms with Gasteiger partial charge < -0.3 is 10.2 Å². The largest absolute Gasteiger partial charge is 0.335 e. The van der Waals surface area contributed by atoms with Gasteiger partial charge in [-0.05, 0) is 30.5 Å². The molecular weight excluding hydrogens is 257 g/mol. The molecular formula is C15H20FN3O. The van der Waals surface area contributed by atoms with Gasteiger partial charge >= 0.3 is 6.03 Å². The van der Waals surface area contributed by atoms with Crippen LogP contribution in [-0.2, 0) is 6.54 Å². The second-order valence-corrected chi connectivity index (χ2v) is 5.61. The molecule has 0 bridgehead atoms. The third-order valence-corrected chi connectivity index (χ3v) is 3.88. The van der Waals surface area contributed by atoms with Gasteiger partial charge in [0.25, 0.3) is 0 Å². The summed E-state index contributed by atoms with van der Waals surface area (Å²) in [5.41, 5.74) is 1.11. The molecule has 2 aliphatic rings. The molecule has 1 aliphatic heterocycles. The van der Waals surface area contributed by atoms with Crippen molar-refractivity contribution in [2.24, 2.45) is 0 Å². The number of nitrogens with zero attached hydrogens (tertiary/aromatic N) is 2. The normalized spacial score (nSPS) is 19.9. The second kappa shape index (κ2) is 5.79. The van der Waals surface area contributed by atoms with E-state index in [1.54, 1.807) is 0 Å². The highest BCUT2D eigenvalue weighted by Gasteiger charge is 2.27. The average molecular weight is 277 g/mol. The SMILES string of the molecule is O=C(NC1CC1)N1CCN(Cc2ccc(F)cc2)CC1. The number of carbonyl (C=O) groups is 1. The zero-order valence-corrected chi connectivity index (χ0v) is 11.5. The Morgan fingerprint density at radius 1 is 1.15 bits per heavy atom. The second-order valence-electron chi connectivity index (χ2n) is 5.61. The van der Waals surface area contributed by atoms with Crippen LogP contribution >= 0.6 is 0 Å². The molecule has 1 aliphatic carbocycles. The van der Waals surface area contributed by atoms with Crippen LogP contribution in [0.15, 0.2) is 24.3 Å². The van der Waals surface area contributed by atoms with Crippen LogP contribution in [0.3, 0.4) is 0 Å². The number of rotatable bonds is 3. The molecule has 0 radical (unpaired) electrons. The van der Waals surface area contributed by atoms with Crippen molar-refractivity contribution in [3.8, 4) is 0 Å². The van der Waals surface area contributed by atoms with Crippen molar-refractivity contribution in [3.63, 3.8) is 0 Å². The van der Waals surface area contributed by atoms with Gasteiger partial charge in [0.2, 0.25) is 0 Å². The van der Waals surface area contributed by atoms with E-state index in [9.17, 15) is 9.18 Å². The van der Waals surface area contributed by atoms with Crippen LogP contribution in [0.1, 0.15) is 18.4 Å². The fourth-order valence-electron chi connectivity index (χ4n) is 2.45. The maximum absolute atomic E-state index is 12.8. The van der Waals surface area contributed by atoms with Gasteiger partial charge in [-0.25, -0.2) is 9.18 Å². The van der Waals surface area contributed by atoms with Gasteiger partial charge in [-0.3, -0.25) is 4.90 Å². The first-order valence-corrected chi connectivity index (χ1v) is 7.23. The van der Waals surface area contributed by atoms with Crippen molar-refractivity contribution < 1.29 is 9.18 Å². The minimum atomic E-state index is -0.199. The first-order valence-electron chi connectivity index (χ1n) is 7.23. The predicted molar refractivity (Wildman–Crippen MR) is 74.8 cm³/mol. The molecule has 1 saturated carbocycles. The number of benzene rings is 1.